The quantitative estimate of drug-likeness (QED) is 0.505. The highest BCUT2D eigenvalue weighted by Crippen LogP contribution is 2.58. The first-order chi connectivity index (χ1) is 14.5. The molecule has 0 amide bonds. The molecule has 11 nitrogen and oxygen atoms in total. The van der Waals surface area contributed by atoms with Crippen molar-refractivity contribution in [3.63, 3.8) is 0 Å². The van der Waals surface area contributed by atoms with Crippen LogP contribution >= 0.6 is 7.75 Å². The van der Waals surface area contributed by atoms with E-state index in [2.05, 4.69) is 15.2 Å². The van der Waals surface area contributed by atoms with Crippen molar-refractivity contribution < 1.29 is 33.0 Å². The minimum Gasteiger partial charge on any atom is -0.465 e. The van der Waals surface area contributed by atoms with Crippen LogP contribution < -0.4 is 5.09 Å². The number of ether oxygens (including phenoxy) is 2. The molecule has 0 spiro atoms. The lowest BCUT2D eigenvalue weighted by Crippen LogP contribution is -2.53. The number of aromatic nitrogens is 3. The van der Waals surface area contributed by atoms with Gasteiger partial charge in [-0.15, -0.1) is 0 Å². The Morgan fingerprint density at radius 2 is 2.23 bits per heavy atom. The maximum absolute atomic E-state index is 13.2. The first-order valence-corrected chi connectivity index (χ1v) is 11.6. The van der Waals surface area contributed by atoms with Crippen LogP contribution in [-0.2, 0) is 33.5 Å². The lowest BCUT2D eigenvalue weighted by Gasteiger charge is -2.39. The first-order valence-electron chi connectivity index (χ1n) is 10.1. The maximum Gasteiger partial charge on any atom is 0.406 e. The third kappa shape index (κ3) is 3.49. The van der Waals surface area contributed by atoms with Gasteiger partial charge in [0.25, 0.3) is 0 Å². The van der Waals surface area contributed by atoms with Gasteiger partial charge in [-0.25, -0.2) is 19.2 Å². The van der Waals surface area contributed by atoms with Crippen molar-refractivity contribution in [2.75, 3.05) is 13.2 Å². The molecule has 12 heteroatoms. The Morgan fingerprint density at radius 3 is 2.94 bits per heavy atom. The molecular formula is C19H27N4O7P. The van der Waals surface area contributed by atoms with Gasteiger partial charge in [0.05, 0.1) is 30.1 Å². The summed E-state index contributed by atoms with van der Waals surface area (Å²) in [6.45, 7) is 8.43. The third-order valence-corrected chi connectivity index (χ3v) is 7.73. The number of fused-ring (bicyclic) bond motifs is 2. The van der Waals surface area contributed by atoms with E-state index in [-0.39, 0.29) is 13.2 Å². The van der Waals surface area contributed by atoms with E-state index in [1.807, 2.05) is 19.1 Å². The van der Waals surface area contributed by atoms with Crippen LogP contribution in [0.2, 0.25) is 0 Å². The largest absolute Gasteiger partial charge is 0.465 e. The van der Waals surface area contributed by atoms with Crippen LogP contribution in [0.4, 0.5) is 0 Å². The molecule has 4 heterocycles. The number of esters is 1. The first kappa shape index (κ1) is 22.3. The lowest BCUT2D eigenvalue weighted by atomic mass is 9.81. The van der Waals surface area contributed by atoms with Crippen molar-refractivity contribution in [1.82, 2.24) is 19.7 Å². The molecule has 4 rings (SSSR count). The molecule has 2 aromatic rings. The lowest BCUT2D eigenvalue weighted by molar-refractivity contribution is -0.145. The van der Waals surface area contributed by atoms with Gasteiger partial charge in [-0.05, 0) is 46.8 Å². The smallest absolute Gasteiger partial charge is 0.406 e. The monoisotopic (exact) mass is 454 g/mol. The summed E-state index contributed by atoms with van der Waals surface area (Å²) in [5.41, 5.74) is -0.694. The van der Waals surface area contributed by atoms with Gasteiger partial charge in [-0.1, -0.05) is 0 Å². The summed E-state index contributed by atoms with van der Waals surface area (Å²) in [5, 5.41) is 18.4. The Kier molecular flexibility index (Phi) is 5.48. The molecule has 2 aliphatic rings. The van der Waals surface area contributed by atoms with Crippen LogP contribution in [0.25, 0.3) is 5.52 Å². The molecule has 2 fully saturated rings. The molecule has 2 N–H and O–H groups in total. The second-order valence-electron chi connectivity index (χ2n) is 8.12. The number of nitrogens with zero attached hydrogens (tertiary/aromatic N) is 3. The highest BCUT2D eigenvalue weighted by molar-refractivity contribution is 7.51. The molecule has 6 atom stereocenters. The number of nitrogens with one attached hydrogen (secondary N) is 1. The van der Waals surface area contributed by atoms with E-state index in [4.69, 9.17) is 18.5 Å². The molecule has 0 aromatic carbocycles. The second-order valence-corrected chi connectivity index (χ2v) is 9.84. The minimum absolute atomic E-state index is 0.0897. The van der Waals surface area contributed by atoms with Crippen LogP contribution in [0.1, 0.15) is 39.1 Å². The second kappa shape index (κ2) is 7.61. The summed E-state index contributed by atoms with van der Waals surface area (Å²) < 4.78 is 37.2. The van der Waals surface area contributed by atoms with Gasteiger partial charge in [0, 0.05) is 0 Å². The fourth-order valence-electron chi connectivity index (χ4n) is 4.12. The summed E-state index contributed by atoms with van der Waals surface area (Å²) >= 11 is 0. The number of aliphatic hydroxyl groups is 1. The molecule has 2 aliphatic heterocycles. The van der Waals surface area contributed by atoms with Gasteiger partial charge in [0.2, 0.25) is 0 Å². The van der Waals surface area contributed by atoms with Gasteiger partial charge in [0.1, 0.15) is 35.8 Å². The predicted molar refractivity (Wildman–Crippen MR) is 108 cm³/mol. The Labute approximate surface area is 179 Å². The molecule has 0 bridgehead atoms. The maximum atomic E-state index is 13.2. The molecule has 31 heavy (non-hydrogen) atoms. The molecule has 0 aliphatic carbocycles. The number of hydrogen-bond donors (Lipinski definition) is 2. The minimum atomic E-state index is -3.91. The summed E-state index contributed by atoms with van der Waals surface area (Å²) in [7, 11) is -3.91. The Hall–Kier alpha value is -1.88. The average molecular weight is 454 g/mol. The highest BCUT2D eigenvalue weighted by atomic mass is 31.2. The zero-order valence-electron chi connectivity index (χ0n) is 18.1. The Bertz CT molecular complexity index is 1060. The van der Waals surface area contributed by atoms with Crippen LogP contribution in [0.5, 0.6) is 0 Å². The van der Waals surface area contributed by atoms with Crippen molar-refractivity contribution in [1.29, 1.82) is 0 Å². The van der Waals surface area contributed by atoms with E-state index in [0.717, 1.165) is 11.2 Å². The summed E-state index contributed by atoms with van der Waals surface area (Å²) in [6, 6.07) is 2.74. The molecule has 1 unspecified atom stereocenters. The standard InChI is InChI=1S/C19H27N4O7P/c1-6-27-17(24)12(3)22-31(26)28-9-14-16(30-31)18(4,25)19(5,29-14)15-8-7-13-11(2)20-10-21-23(13)15/h7-8,10,12,14,16,25H,6,9H2,1-5H3,(H,22,26)/t12-,14+,16+,18+,19-,31?/m0/s1. The van der Waals surface area contributed by atoms with Crippen molar-refractivity contribution in [3.05, 3.63) is 29.8 Å². The van der Waals surface area contributed by atoms with E-state index in [1.54, 1.807) is 25.3 Å². The van der Waals surface area contributed by atoms with E-state index in [1.165, 1.54) is 13.3 Å². The summed E-state index contributed by atoms with van der Waals surface area (Å²) in [4.78, 5) is 16.1. The van der Waals surface area contributed by atoms with Crippen molar-refractivity contribution in [3.8, 4) is 0 Å². The van der Waals surface area contributed by atoms with E-state index in [9.17, 15) is 14.5 Å². The van der Waals surface area contributed by atoms with Gasteiger partial charge < -0.3 is 14.6 Å². The highest BCUT2D eigenvalue weighted by Gasteiger charge is 2.66. The third-order valence-electron chi connectivity index (χ3n) is 6.03. The van der Waals surface area contributed by atoms with Gasteiger partial charge in [-0.2, -0.15) is 5.10 Å². The van der Waals surface area contributed by atoms with Crippen molar-refractivity contribution in [2.45, 2.75) is 64.1 Å². The molecule has 2 aromatic heterocycles. The van der Waals surface area contributed by atoms with E-state index in [0.29, 0.717) is 5.69 Å². The molecule has 2 saturated heterocycles. The normalized spacial score (nSPS) is 36.3. The van der Waals surface area contributed by atoms with Gasteiger partial charge in [-0.3, -0.25) is 13.8 Å². The summed E-state index contributed by atoms with van der Waals surface area (Å²) in [6.07, 6.45) is -0.233. The topological polar surface area (TPSA) is 134 Å². The fourth-order valence-corrected chi connectivity index (χ4v) is 5.88. The van der Waals surface area contributed by atoms with Crippen LogP contribution in [-0.4, -0.2) is 62.7 Å². The van der Waals surface area contributed by atoms with Crippen LogP contribution in [0.3, 0.4) is 0 Å². The zero-order valence-corrected chi connectivity index (χ0v) is 19.0. The number of rotatable bonds is 5. The zero-order chi connectivity index (χ0) is 22.6. The number of aryl methyl sites for hydroxylation is 1. The molecular weight excluding hydrogens is 427 g/mol. The molecule has 0 radical (unpaired) electrons. The number of hydrogen-bond acceptors (Lipinski definition) is 9. The Morgan fingerprint density at radius 1 is 1.48 bits per heavy atom. The average Bonchev–Trinajstić information content (AvgIpc) is 3.22. The fraction of sp³-hybridized carbons (Fsp3) is 0.632. The molecule has 0 saturated carbocycles. The summed E-state index contributed by atoms with van der Waals surface area (Å²) in [5.74, 6) is -0.582. The van der Waals surface area contributed by atoms with Gasteiger partial charge >= 0.3 is 13.7 Å². The van der Waals surface area contributed by atoms with E-state index >= 15 is 0 Å². The van der Waals surface area contributed by atoms with Crippen molar-refractivity contribution in [2.24, 2.45) is 0 Å². The van der Waals surface area contributed by atoms with Crippen LogP contribution in [0.15, 0.2) is 18.5 Å². The molecule has 170 valence electrons. The number of carbonyl (C=O) groups is 1. The Balaban J connectivity index is 1.63. The van der Waals surface area contributed by atoms with Crippen LogP contribution in [0, 0.1) is 6.92 Å². The van der Waals surface area contributed by atoms with E-state index < -0.39 is 43.2 Å². The SMILES string of the molecule is CCOC(=O)[C@H](C)NP1(=O)OC[C@H]2O[C@@](C)(c3ccc4c(C)ncnn34)[C@](C)(O)[C@@H]2O1. The number of carbonyl (C=O) groups excluding carboxylic acids is 1. The van der Waals surface area contributed by atoms with Gasteiger partial charge in [0.15, 0.2) is 0 Å². The van der Waals surface area contributed by atoms with Crippen molar-refractivity contribution >= 4 is 19.2 Å². The predicted octanol–water partition coefficient (Wildman–Crippen LogP) is 1.47.